The second-order valence-corrected chi connectivity index (χ2v) is 22.0. The zero-order valence-corrected chi connectivity index (χ0v) is 38.4. The molecular formula is C47H51ClF3N5O5S3. The van der Waals surface area contributed by atoms with Gasteiger partial charge in [0.1, 0.15) is 4.90 Å². The van der Waals surface area contributed by atoms with Crippen LogP contribution in [0.5, 0.6) is 0 Å². The van der Waals surface area contributed by atoms with Crippen LogP contribution in [0.25, 0.3) is 5.57 Å². The SMILES string of the molecule is O=C(NS(=O)(=O)c1ccc(N[C@H](CCN2C=C3CC2C3)CSc2ccccc2)c(S(=O)(=O)C(F)(F)F)c1)c1ccc(N2CCN(CC3=C(c4ccc(Cl)cc4)CCCCC3)CC2)cc1. The molecule has 64 heavy (non-hydrogen) atoms. The highest BCUT2D eigenvalue weighted by Gasteiger charge is 2.48. The van der Waals surface area contributed by atoms with Crippen molar-refractivity contribution in [2.45, 2.75) is 83.6 Å². The van der Waals surface area contributed by atoms with Crippen LogP contribution in [0, 0.1) is 0 Å². The van der Waals surface area contributed by atoms with E-state index in [1.165, 1.54) is 65.4 Å². The third-order valence-electron chi connectivity index (χ3n) is 12.5. The Kier molecular flexibility index (Phi) is 14.1. The van der Waals surface area contributed by atoms with Gasteiger partial charge in [-0.05, 0) is 129 Å². The van der Waals surface area contributed by atoms with Gasteiger partial charge in [0.05, 0.1) is 10.6 Å². The normalized spacial score (nSPS) is 18.0. The summed E-state index contributed by atoms with van der Waals surface area (Å²) in [5, 5.41) is 3.74. The molecule has 1 saturated carbocycles. The van der Waals surface area contributed by atoms with Gasteiger partial charge in [0, 0.05) is 78.3 Å². The number of fused-ring (bicyclic) bond motifs is 1. The second kappa shape index (κ2) is 19.5. The zero-order valence-electron chi connectivity index (χ0n) is 35.2. The summed E-state index contributed by atoms with van der Waals surface area (Å²) in [5.41, 5.74) is 0.229. The number of allylic oxidation sites excluding steroid dienone is 1. The number of halogens is 4. The summed E-state index contributed by atoms with van der Waals surface area (Å²) in [6.45, 7) is 4.67. The topological polar surface area (TPSA) is 119 Å². The van der Waals surface area contributed by atoms with E-state index in [1.54, 1.807) is 12.1 Å². The average Bonchev–Trinajstić information content (AvgIpc) is 3.79. The lowest BCUT2D eigenvalue weighted by Gasteiger charge is -2.37. The molecule has 9 rings (SSSR count). The molecule has 17 heteroatoms. The van der Waals surface area contributed by atoms with Crippen molar-refractivity contribution >= 4 is 66.1 Å². The van der Waals surface area contributed by atoms with Gasteiger partial charge < -0.3 is 15.1 Å². The van der Waals surface area contributed by atoms with Crippen LogP contribution in [0.15, 0.2) is 129 Å². The van der Waals surface area contributed by atoms with E-state index in [1.807, 2.05) is 47.2 Å². The molecule has 2 fully saturated rings. The van der Waals surface area contributed by atoms with Crippen molar-refractivity contribution in [3.63, 3.8) is 0 Å². The van der Waals surface area contributed by atoms with E-state index < -0.39 is 47.1 Å². The maximum atomic E-state index is 14.2. The Labute approximate surface area is 382 Å². The first-order valence-electron chi connectivity index (χ1n) is 21.6. The number of hydrogen-bond acceptors (Lipinski definition) is 10. The van der Waals surface area contributed by atoms with Crippen molar-refractivity contribution in [1.82, 2.24) is 14.5 Å². The standard InChI is InChI=1S/C47H51ClF3N5O5S3/c48-37-15-11-34(12-16-37)43-10-6-1-3-7-36(43)31-54-23-25-55(26-24-54)39-17-13-35(14-18-39)46(57)53-64(60,61)42-19-20-44(45(29-42)63(58,59)47(49,50)51)52-38(32-62-41-8-4-2-5-9-41)21-22-56-30-33-27-40(56)28-33/h2,4-5,8-9,11-20,29-30,38,40,52H,1,3,6-7,10,21-28,31-32H2,(H,53,57)/t38-/m1/s1. The molecule has 0 radical (unpaired) electrons. The summed E-state index contributed by atoms with van der Waals surface area (Å²) in [7, 11) is -10.9. The van der Waals surface area contributed by atoms with Crippen molar-refractivity contribution in [2.75, 3.05) is 55.2 Å². The Balaban J connectivity index is 0.929. The Hall–Kier alpha value is -4.48. The Morgan fingerprint density at radius 1 is 0.844 bits per heavy atom. The van der Waals surface area contributed by atoms with E-state index in [2.05, 4.69) is 38.3 Å². The minimum absolute atomic E-state index is 0.00679. The van der Waals surface area contributed by atoms with Gasteiger partial charge in [0.25, 0.3) is 25.8 Å². The van der Waals surface area contributed by atoms with Crippen molar-refractivity contribution < 1.29 is 34.8 Å². The maximum Gasteiger partial charge on any atom is 0.501 e. The molecule has 10 nitrogen and oxygen atoms in total. The first-order chi connectivity index (χ1) is 30.6. The molecular weight excluding hydrogens is 903 g/mol. The molecule has 340 valence electrons. The van der Waals surface area contributed by atoms with Crippen molar-refractivity contribution in [3.8, 4) is 0 Å². The van der Waals surface area contributed by atoms with Crippen molar-refractivity contribution in [3.05, 3.63) is 131 Å². The fourth-order valence-electron chi connectivity index (χ4n) is 8.86. The maximum absolute atomic E-state index is 14.2. The molecule has 2 N–H and O–H groups in total. The van der Waals surface area contributed by atoms with Crippen LogP contribution in [-0.4, -0.2) is 95.2 Å². The number of benzene rings is 4. The summed E-state index contributed by atoms with van der Waals surface area (Å²) in [5.74, 6) is -0.625. The number of amides is 1. The number of carbonyl (C=O) groups is 1. The second-order valence-electron chi connectivity index (χ2n) is 16.8. The number of sulfone groups is 1. The number of carbonyl (C=O) groups excluding carboxylic acids is 1. The smallest absolute Gasteiger partial charge is 0.380 e. The molecule has 3 heterocycles. The Morgan fingerprint density at radius 2 is 1.55 bits per heavy atom. The summed E-state index contributed by atoms with van der Waals surface area (Å²) in [4.78, 5) is 19.1. The molecule has 5 aliphatic rings. The number of anilines is 2. The first-order valence-corrected chi connectivity index (χ1v) is 25.9. The highest BCUT2D eigenvalue weighted by atomic mass is 35.5. The van der Waals surface area contributed by atoms with E-state index in [-0.39, 0.29) is 11.3 Å². The summed E-state index contributed by atoms with van der Waals surface area (Å²) in [6.07, 6.45) is 10.2. The third-order valence-corrected chi connectivity index (χ3v) is 16.8. The molecule has 1 atom stereocenters. The van der Waals surface area contributed by atoms with Gasteiger partial charge in [0.15, 0.2) is 0 Å². The Morgan fingerprint density at radius 3 is 2.22 bits per heavy atom. The van der Waals surface area contributed by atoms with E-state index in [4.69, 9.17) is 11.6 Å². The van der Waals surface area contributed by atoms with Gasteiger partial charge in [-0.25, -0.2) is 21.6 Å². The lowest BCUT2D eigenvalue weighted by atomic mass is 9.91. The average molecular weight is 955 g/mol. The van der Waals surface area contributed by atoms with Crippen LogP contribution >= 0.6 is 23.4 Å². The lowest BCUT2D eigenvalue weighted by Crippen LogP contribution is -2.47. The predicted molar refractivity (Wildman–Crippen MR) is 248 cm³/mol. The number of alkyl halides is 3. The molecule has 1 amide bonds. The Bertz CT molecular complexity index is 2600. The number of nitrogens with one attached hydrogen (secondary N) is 2. The number of nitrogens with zero attached hydrogens (tertiary/aromatic N) is 3. The largest absolute Gasteiger partial charge is 0.501 e. The molecule has 1 saturated heterocycles. The van der Waals surface area contributed by atoms with E-state index >= 15 is 0 Å². The molecule has 2 bridgehead atoms. The third kappa shape index (κ3) is 10.8. The van der Waals surface area contributed by atoms with Crippen molar-refractivity contribution in [2.24, 2.45) is 0 Å². The lowest BCUT2D eigenvalue weighted by molar-refractivity contribution is -0.0435. The fourth-order valence-corrected chi connectivity index (χ4v) is 12.0. The van der Waals surface area contributed by atoms with Gasteiger partial charge in [-0.3, -0.25) is 9.69 Å². The predicted octanol–water partition coefficient (Wildman–Crippen LogP) is 9.62. The molecule has 0 spiro atoms. The van der Waals surface area contributed by atoms with Gasteiger partial charge in [-0.1, -0.05) is 59.5 Å². The molecule has 0 aromatic heterocycles. The first kappa shape index (κ1) is 46.1. The number of rotatable bonds is 16. The monoisotopic (exact) mass is 953 g/mol. The molecule has 4 aromatic rings. The van der Waals surface area contributed by atoms with Crippen LogP contribution in [0.1, 0.15) is 67.3 Å². The number of hydrogen-bond donors (Lipinski definition) is 2. The van der Waals surface area contributed by atoms with Crippen LogP contribution in [0.4, 0.5) is 24.5 Å². The van der Waals surface area contributed by atoms with E-state index in [9.17, 15) is 34.8 Å². The molecule has 4 aromatic carbocycles. The summed E-state index contributed by atoms with van der Waals surface area (Å²) in [6, 6.07) is 26.4. The molecule has 3 aliphatic heterocycles. The van der Waals surface area contributed by atoms with E-state index in [0.717, 1.165) is 86.1 Å². The zero-order chi connectivity index (χ0) is 45.1. The van der Waals surface area contributed by atoms with Gasteiger partial charge in [0.2, 0.25) is 0 Å². The minimum Gasteiger partial charge on any atom is -0.380 e. The van der Waals surface area contributed by atoms with Gasteiger partial charge in [-0.15, -0.1) is 11.8 Å². The summed E-state index contributed by atoms with van der Waals surface area (Å²) < 4.78 is 97.7. The van der Waals surface area contributed by atoms with Crippen molar-refractivity contribution in [1.29, 1.82) is 0 Å². The van der Waals surface area contributed by atoms with Crippen LogP contribution in [0.3, 0.4) is 0 Å². The number of sulfonamides is 1. The van der Waals surface area contributed by atoms with Crippen LogP contribution in [-0.2, 0) is 19.9 Å². The van der Waals surface area contributed by atoms with Gasteiger partial charge >= 0.3 is 5.51 Å². The molecule has 0 unspecified atom stereocenters. The fraction of sp³-hybridized carbons (Fsp3) is 0.383. The minimum atomic E-state index is -6.04. The number of thioether (sulfide) groups is 1. The van der Waals surface area contributed by atoms with Crippen LogP contribution < -0.4 is 14.9 Å². The molecule has 2 aliphatic carbocycles. The number of piperazine rings is 1. The van der Waals surface area contributed by atoms with Crippen LogP contribution in [0.2, 0.25) is 5.02 Å². The highest BCUT2D eigenvalue weighted by Crippen LogP contribution is 2.40. The van der Waals surface area contributed by atoms with E-state index in [0.29, 0.717) is 30.8 Å². The van der Waals surface area contributed by atoms with Gasteiger partial charge in [-0.2, -0.15) is 13.2 Å². The highest BCUT2D eigenvalue weighted by molar-refractivity contribution is 7.99. The quantitative estimate of drug-likeness (QED) is 0.105. The summed E-state index contributed by atoms with van der Waals surface area (Å²) >= 11 is 7.64.